The minimum Gasteiger partial charge on any atom is -0.353 e. The molecular weight excluding hydrogens is 261 g/mol. The van der Waals surface area contributed by atoms with Crippen molar-refractivity contribution in [3.05, 3.63) is 40.5 Å². The first-order valence-electron chi connectivity index (χ1n) is 4.71. The van der Waals surface area contributed by atoms with Gasteiger partial charge in [0.25, 0.3) is 0 Å². The van der Waals surface area contributed by atoms with Gasteiger partial charge in [0.05, 0.1) is 5.69 Å². The van der Waals surface area contributed by atoms with Crippen LogP contribution < -0.4 is 16.6 Å². The summed E-state index contributed by atoms with van der Waals surface area (Å²) in [5.41, 5.74) is 3.84. The van der Waals surface area contributed by atoms with Crippen LogP contribution in [-0.2, 0) is 0 Å². The lowest BCUT2D eigenvalue weighted by Crippen LogP contribution is -2.09. The normalized spacial score (nSPS) is 10.1. The van der Waals surface area contributed by atoms with Gasteiger partial charge in [0.15, 0.2) is 11.0 Å². The highest BCUT2D eigenvalue weighted by Gasteiger charge is 2.04. The Morgan fingerprint density at radius 3 is 2.41 bits per heavy atom. The van der Waals surface area contributed by atoms with Gasteiger partial charge in [-0.05, 0) is 24.3 Å². The van der Waals surface area contributed by atoms with Crippen LogP contribution in [0.2, 0.25) is 10.2 Å². The minimum atomic E-state index is 0.263. The lowest BCUT2D eigenvalue weighted by atomic mass is 10.3. The number of hydrazine groups is 1. The molecule has 0 aliphatic rings. The first kappa shape index (κ1) is 11.9. The fourth-order valence-electron chi connectivity index (χ4n) is 1.22. The molecule has 1 aromatic carbocycles. The third-order valence-corrected chi connectivity index (χ3v) is 2.55. The molecule has 0 fully saturated rings. The number of halogens is 2. The number of anilines is 3. The quantitative estimate of drug-likeness (QED) is 0.590. The minimum absolute atomic E-state index is 0.263. The molecule has 1 heterocycles. The van der Waals surface area contributed by atoms with Crippen molar-refractivity contribution in [3.63, 3.8) is 0 Å². The molecule has 0 unspecified atom stereocenters. The van der Waals surface area contributed by atoms with E-state index in [0.29, 0.717) is 16.5 Å². The summed E-state index contributed by atoms with van der Waals surface area (Å²) in [7, 11) is 0. The molecule has 0 saturated carbocycles. The Hall–Kier alpha value is -1.56. The van der Waals surface area contributed by atoms with Gasteiger partial charge >= 0.3 is 0 Å². The van der Waals surface area contributed by atoms with Gasteiger partial charge in [0.2, 0.25) is 0 Å². The van der Waals surface area contributed by atoms with E-state index in [-0.39, 0.29) is 5.15 Å². The van der Waals surface area contributed by atoms with Crippen LogP contribution in [0.4, 0.5) is 17.2 Å². The Balaban J connectivity index is 2.25. The predicted octanol–water partition coefficient (Wildman–Crippen LogP) is 2.81. The average molecular weight is 270 g/mol. The van der Waals surface area contributed by atoms with Crippen LogP contribution in [0.5, 0.6) is 0 Å². The van der Waals surface area contributed by atoms with Crippen molar-refractivity contribution in [1.29, 1.82) is 0 Å². The maximum absolute atomic E-state index is 5.90. The summed E-state index contributed by atoms with van der Waals surface area (Å²) in [6.45, 7) is 0. The Morgan fingerprint density at radius 2 is 1.76 bits per heavy atom. The largest absolute Gasteiger partial charge is 0.353 e. The molecule has 5 nitrogen and oxygen atoms in total. The van der Waals surface area contributed by atoms with Crippen LogP contribution in [0.15, 0.2) is 30.3 Å². The van der Waals surface area contributed by atoms with E-state index in [4.69, 9.17) is 29.0 Å². The van der Waals surface area contributed by atoms with Gasteiger partial charge in [-0.2, -0.15) is 0 Å². The maximum atomic E-state index is 5.90. The fraction of sp³-hybridized carbons (Fsp3) is 0. The van der Waals surface area contributed by atoms with E-state index in [9.17, 15) is 0 Å². The second-order valence-corrected chi connectivity index (χ2v) is 4.00. The molecule has 0 atom stereocenters. The van der Waals surface area contributed by atoms with Gasteiger partial charge in [0.1, 0.15) is 0 Å². The van der Waals surface area contributed by atoms with Crippen LogP contribution in [0, 0.1) is 0 Å². The van der Waals surface area contributed by atoms with E-state index in [0.717, 1.165) is 5.69 Å². The number of benzene rings is 1. The third kappa shape index (κ3) is 2.97. The number of nitrogens with two attached hydrogens (primary N) is 1. The Kier molecular flexibility index (Phi) is 3.63. The maximum Gasteiger partial charge on any atom is 0.175 e. The monoisotopic (exact) mass is 269 g/mol. The van der Waals surface area contributed by atoms with E-state index >= 15 is 0 Å². The molecule has 7 heteroatoms. The number of aromatic nitrogens is 2. The molecule has 0 amide bonds. The van der Waals surface area contributed by atoms with Crippen molar-refractivity contribution in [2.75, 3.05) is 10.7 Å². The number of hydrogen-bond acceptors (Lipinski definition) is 5. The highest BCUT2D eigenvalue weighted by atomic mass is 35.5. The molecule has 2 aromatic rings. The topological polar surface area (TPSA) is 75.9 Å². The zero-order valence-electron chi connectivity index (χ0n) is 8.61. The average Bonchev–Trinajstić information content (AvgIpc) is 2.35. The summed E-state index contributed by atoms with van der Waals surface area (Å²) in [6, 6.07) is 8.86. The Morgan fingerprint density at radius 1 is 1.06 bits per heavy atom. The van der Waals surface area contributed by atoms with E-state index in [2.05, 4.69) is 20.9 Å². The number of nitrogen functional groups attached to an aromatic ring is 1. The predicted molar refractivity (Wildman–Crippen MR) is 69.6 cm³/mol. The van der Waals surface area contributed by atoms with Crippen molar-refractivity contribution >= 4 is 40.4 Å². The van der Waals surface area contributed by atoms with Crippen molar-refractivity contribution < 1.29 is 0 Å². The van der Waals surface area contributed by atoms with Gasteiger partial charge < -0.3 is 10.7 Å². The van der Waals surface area contributed by atoms with E-state index in [1.807, 2.05) is 12.1 Å². The van der Waals surface area contributed by atoms with E-state index < -0.39 is 0 Å². The summed E-state index contributed by atoms with van der Waals surface area (Å²) in [5.74, 6) is 5.66. The summed E-state index contributed by atoms with van der Waals surface area (Å²) in [5, 5.41) is 11.5. The molecule has 17 heavy (non-hydrogen) atoms. The molecule has 2 rings (SSSR count). The van der Waals surface area contributed by atoms with Gasteiger partial charge in [-0.15, -0.1) is 10.2 Å². The lowest BCUT2D eigenvalue weighted by molar-refractivity contribution is 1.02. The molecule has 0 radical (unpaired) electrons. The first-order chi connectivity index (χ1) is 8.19. The Bertz CT molecular complexity index is 515. The molecule has 0 bridgehead atoms. The van der Waals surface area contributed by atoms with E-state index in [1.165, 1.54) is 0 Å². The molecule has 0 spiro atoms. The lowest BCUT2D eigenvalue weighted by Gasteiger charge is -2.08. The SMILES string of the molecule is NNc1cc(Nc2ccc(Cl)cc2)c(Cl)nn1. The second kappa shape index (κ2) is 5.18. The van der Waals surface area contributed by atoms with Crippen LogP contribution >= 0.6 is 23.2 Å². The number of nitrogens with zero attached hydrogens (tertiary/aromatic N) is 2. The molecular formula is C10H9Cl2N5. The van der Waals surface area contributed by atoms with Crippen LogP contribution in [0.1, 0.15) is 0 Å². The third-order valence-electron chi connectivity index (χ3n) is 2.02. The number of rotatable bonds is 3. The van der Waals surface area contributed by atoms with Crippen molar-refractivity contribution in [2.45, 2.75) is 0 Å². The fourth-order valence-corrected chi connectivity index (χ4v) is 1.49. The van der Waals surface area contributed by atoms with E-state index in [1.54, 1.807) is 18.2 Å². The molecule has 0 saturated heterocycles. The molecule has 1 aromatic heterocycles. The summed E-state index contributed by atoms with van der Waals surface area (Å²) >= 11 is 11.7. The zero-order chi connectivity index (χ0) is 12.3. The first-order valence-corrected chi connectivity index (χ1v) is 5.47. The standard InChI is InChI=1S/C10H9Cl2N5/c11-6-1-3-7(4-2-6)14-8-5-9(15-13)16-17-10(8)12/h1-5H,13H2,(H2,14,15,16). The molecule has 88 valence electrons. The summed E-state index contributed by atoms with van der Waals surface area (Å²) < 4.78 is 0. The van der Waals surface area contributed by atoms with Gasteiger partial charge in [-0.25, -0.2) is 5.84 Å². The number of nitrogens with one attached hydrogen (secondary N) is 2. The molecule has 0 aliphatic heterocycles. The molecule has 4 N–H and O–H groups in total. The highest BCUT2D eigenvalue weighted by molar-refractivity contribution is 6.32. The van der Waals surface area contributed by atoms with Crippen LogP contribution in [0.25, 0.3) is 0 Å². The van der Waals surface area contributed by atoms with Crippen molar-refractivity contribution in [2.24, 2.45) is 5.84 Å². The zero-order valence-corrected chi connectivity index (χ0v) is 10.1. The van der Waals surface area contributed by atoms with Crippen LogP contribution in [-0.4, -0.2) is 10.2 Å². The van der Waals surface area contributed by atoms with Crippen molar-refractivity contribution in [1.82, 2.24) is 10.2 Å². The Labute approximate surface area is 108 Å². The number of hydrogen-bond donors (Lipinski definition) is 3. The van der Waals surface area contributed by atoms with Gasteiger partial charge in [-0.3, -0.25) is 0 Å². The van der Waals surface area contributed by atoms with Crippen LogP contribution in [0.3, 0.4) is 0 Å². The summed E-state index contributed by atoms with van der Waals surface area (Å²) in [6.07, 6.45) is 0. The second-order valence-electron chi connectivity index (χ2n) is 3.21. The smallest absolute Gasteiger partial charge is 0.175 e. The van der Waals surface area contributed by atoms with Gasteiger partial charge in [-0.1, -0.05) is 23.2 Å². The van der Waals surface area contributed by atoms with Crippen molar-refractivity contribution in [3.8, 4) is 0 Å². The highest BCUT2D eigenvalue weighted by Crippen LogP contribution is 2.25. The molecule has 0 aliphatic carbocycles. The van der Waals surface area contributed by atoms with Gasteiger partial charge in [0, 0.05) is 16.8 Å². The summed E-state index contributed by atoms with van der Waals surface area (Å²) in [4.78, 5) is 0.